The van der Waals surface area contributed by atoms with Gasteiger partial charge >= 0.3 is 0 Å². The summed E-state index contributed by atoms with van der Waals surface area (Å²) in [5.74, 6) is 1.14. The maximum atomic E-state index is 9.62. The Balaban J connectivity index is 1.53. The topological polar surface area (TPSA) is 113 Å². The summed E-state index contributed by atoms with van der Waals surface area (Å²) in [6.45, 7) is 7.72. The third-order valence-electron chi connectivity index (χ3n) is 6.17. The smallest absolute Gasteiger partial charge is 0.227 e. The molecule has 4 N–H and O–H groups in total. The maximum absolute atomic E-state index is 9.62. The van der Waals surface area contributed by atoms with E-state index >= 15 is 0 Å². The van der Waals surface area contributed by atoms with E-state index < -0.39 is 0 Å². The van der Waals surface area contributed by atoms with E-state index in [1.807, 2.05) is 24.6 Å². The van der Waals surface area contributed by atoms with E-state index in [-0.39, 0.29) is 18.7 Å². The zero-order valence-electron chi connectivity index (χ0n) is 21.5. The van der Waals surface area contributed by atoms with E-state index in [4.69, 9.17) is 9.97 Å². The number of aliphatic hydroxyl groups is 1. The molecule has 1 aromatic carbocycles. The first kappa shape index (κ1) is 25.5. The number of rotatable bonds is 12. The highest BCUT2D eigenvalue weighted by Crippen LogP contribution is 2.25. The monoisotopic (exact) mass is 488 g/mol. The Morgan fingerprint density at radius 1 is 1.03 bits per heavy atom. The van der Waals surface area contributed by atoms with Crippen molar-refractivity contribution in [3.8, 4) is 11.3 Å². The number of aliphatic hydroxyl groups excluding tert-OH is 1. The van der Waals surface area contributed by atoms with Gasteiger partial charge in [-0.05, 0) is 45.0 Å². The second-order valence-electron chi connectivity index (χ2n) is 9.16. The van der Waals surface area contributed by atoms with Gasteiger partial charge in [-0.3, -0.25) is 4.98 Å². The Morgan fingerprint density at radius 2 is 1.83 bits per heavy atom. The van der Waals surface area contributed by atoms with Crippen LogP contribution in [-0.4, -0.2) is 55.9 Å². The summed E-state index contributed by atoms with van der Waals surface area (Å²) < 4.78 is 2.03. The van der Waals surface area contributed by atoms with Crippen molar-refractivity contribution in [2.45, 2.75) is 52.2 Å². The molecule has 190 valence electrons. The average molecular weight is 489 g/mol. The van der Waals surface area contributed by atoms with Crippen molar-refractivity contribution in [1.29, 1.82) is 0 Å². The lowest BCUT2D eigenvalue weighted by Gasteiger charge is -2.16. The van der Waals surface area contributed by atoms with Gasteiger partial charge < -0.3 is 25.6 Å². The van der Waals surface area contributed by atoms with Crippen LogP contribution < -0.4 is 16.0 Å². The number of pyridine rings is 1. The molecule has 1 unspecified atom stereocenters. The van der Waals surface area contributed by atoms with Crippen molar-refractivity contribution in [2.75, 3.05) is 30.8 Å². The van der Waals surface area contributed by atoms with Crippen LogP contribution in [0.3, 0.4) is 0 Å². The van der Waals surface area contributed by atoms with Gasteiger partial charge in [0.2, 0.25) is 5.95 Å². The molecule has 0 amide bonds. The van der Waals surface area contributed by atoms with Crippen LogP contribution >= 0.6 is 0 Å². The summed E-state index contributed by atoms with van der Waals surface area (Å²) in [6, 6.07) is 14.7. The second kappa shape index (κ2) is 11.9. The van der Waals surface area contributed by atoms with Gasteiger partial charge in [-0.2, -0.15) is 9.97 Å². The molecular weight excluding hydrogens is 452 g/mol. The largest absolute Gasteiger partial charge is 0.394 e. The molecule has 0 aliphatic heterocycles. The lowest BCUT2D eigenvalue weighted by Crippen LogP contribution is -2.24. The minimum atomic E-state index is -0.108. The Hall–Kier alpha value is -3.56. The second-order valence-corrected chi connectivity index (χ2v) is 9.16. The van der Waals surface area contributed by atoms with E-state index in [0.717, 1.165) is 53.1 Å². The van der Waals surface area contributed by atoms with Crippen molar-refractivity contribution in [3.05, 3.63) is 60.0 Å². The molecule has 4 aromatic rings. The quantitative estimate of drug-likeness (QED) is 0.236. The summed E-state index contributed by atoms with van der Waals surface area (Å²) in [5.41, 5.74) is 5.76. The predicted octanol–water partition coefficient (Wildman–Crippen LogP) is 4.03. The number of nitrogens with zero attached hydrogens (tertiary/aromatic N) is 5. The molecule has 0 spiro atoms. The minimum Gasteiger partial charge on any atom is -0.394 e. The fraction of sp³-hybridized carbons (Fsp3) is 0.407. The third kappa shape index (κ3) is 5.98. The molecule has 0 aliphatic rings. The van der Waals surface area contributed by atoms with E-state index in [1.54, 1.807) is 6.33 Å². The number of fused-ring (bicyclic) bond motifs is 1. The molecular formula is C27H36N8O. The van der Waals surface area contributed by atoms with Gasteiger partial charge in [0.15, 0.2) is 17.0 Å². The first-order valence-corrected chi connectivity index (χ1v) is 12.6. The number of nitrogens with one attached hydrogen (secondary N) is 3. The molecule has 36 heavy (non-hydrogen) atoms. The number of likely N-dealkylation sites (N-methyl/N-ethyl adjacent to an activating group) is 1. The number of aromatic nitrogens is 5. The van der Waals surface area contributed by atoms with Crippen LogP contribution in [0.5, 0.6) is 0 Å². The summed E-state index contributed by atoms with van der Waals surface area (Å²) in [4.78, 5) is 18.8. The van der Waals surface area contributed by atoms with Crippen LogP contribution in [0.2, 0.25) is 0 Å². The van der Waals surface area contributed by atoms with Crippen molar-refractivity contribution in [2.24, 2.45) is 0 Å². The van der Waals surface area contributed by atoms with Crippen LogP contribution in [0.25, 0.3) is 22.4 Å². The van der Waals surface area contributed by atoms with Crippen molar-refractivity contribution < 1.29 is 5.11 Å². The van der Waals surface area contributed by atoms with Gasteiger partial charge in [-0.15, -0.1) is 0 Å². The minimum absolute atomic E-state index is 0.0176. The number of benzene rings is 1. The van der Waals surface area contributed by atoms with Crippen LogP contribution in [-0.2, 0) is 13.0 Å². The Bertz CT molecular complexity index is 1260. The summed E-state index contributed by atoms with van der Waals surface area (Å²) in [6.07, 6.45) is 3.47. The SMILES string of the molecule is CCC(CO)Nc1nc(NCc2ccc(-c3cccc(CCNC)n3)cc2)c2ncn(C(C)C)c2n1. The van der Waals surface area contributed by atoms with Gasteiger partial charge in [0, 0.05) is 36.8 Å². The van der Waals surface area contributed by atoms with Crippen LogP contribution in [0.4, 0.5) is 11.8 Å². The first-order chi connectivity index (χ1) is 17.5. The predicted molar refractivity (Wildman–Crippen MR) is 145 cm³/mol. The van der Waals surface area contributed by atoms with Crippen LogP contribution in [0.1, 0.15) is 44.5 Å². The van der Waals surface area contributed by atoms with Gasteiger partial charge in [-0.1, -0.05) is 37.3 Å². The maximum Gasteiger partial charge on any atom is 0.227 e. The molecule has 3 aromatic heterocycles. The Morgan fingerprint density at radius 3 is 2.53 bits per heavy atom. The molecule has 0 radical (unpaired) electrons. The lowest BCUT2D eigenvalue weighted by atomic mass is 10.1. The van der Waals surface area contributed by atoms with Crippen molar-refractivity contribution in [1.82, 2.24) is 29.8 Å². The molecule has 4 rings (SSSR count). The highest BCUT2D eigenvalue weighted by Gasteiger charge is 2.16. The zero-order valence-corrected chi connectivity index (χ0v) is 21.5. The van der Waals surface area contributed by atoms with Gasteiger partial charge in [0.25, 0.3) is 0 Å². The Kier molecular flexibility index (Phi) is 8.45. The molecule has 0 fully saturated rings. The number of hydrogen-bond donors (Lipinski definition) is 4. The van der Waals surface area contributed by atoms with Crippen LogP contribution in [0.15, 0.2) is 48.8 Å². The summed E-state index contributed by atoms with van der Waals surface area (Å²) in [7, 11) is 1.95. The van der Waals surface area contributed by atoms with E-state index in [1.165, 1.54) is 0 Å². The van der Waals surface area contributed by atoms with E-state index in [0.29, 0.717) is 18.3 Å². The normalized spacial score (nSPS) is 12.3. The molecule has 9 nitrogen and oxygen atoms in total. The van der Waals surface area contributed by atoms with Gasteiger partial charge in [-0.25, -0.2) is 4.98 Å². The molecule has 0 bridgehead atoms. The third-order valence-corrected chi connectivity index (χ3v) is 6.17. The van der Waals surface area contributed by atoms with Crippen LogP contribution in [0, 0.1) is 0 Å². The highest BCUT2D eigenvalue weighted by molar-refractivity contribution is 5.84. The highest BCUT2D eigenvalue weighted by atomic mass is 16.3. The standard InChI is InChI=1S/C27H36N8O/c1-5-21(16-36)32-27-33-25(24-26(34-27)35(17-30-24)18(2)3)29-15-19-9-11-20(12-10-19)23-8-6-7-22(31-23)13-14-28-4/h6-12,17-18,21,28,36H,5,13-16H2,1-4H3,(H2,29,32,33,34). The first-order valence-electron chi connectivity index (χ1n) is 12.6. The number of anilines is 2. The number of imidazole rings is 1. The average Bonchev–Trinajstić information content (AvgIpc) is 3.34. The molecule has 0 saturated carbocycles. The van der Waals surface area contributed by atoms with E-state index in [2.05, 4.69) is 76.2 Å². The molecule has 0 aliphatic carbocycles. The van der Waals surface area contributed by atoms with Crippen molar-refractivity contribution in [3.63, 3.8) is 0 Å². The number of hydrogen-bond acceptors (Lipinski definition) is 8. The van der Waals surface area contributed by atoms with E-state index in [9.17, 15) is 5.11 Å². The Labute approximate surface area is 212 Å². The summed E-state index contributed by atoms with van der Waals surface area (Å²) >= 11 is 0. The van der Waals surface area contributed by atoms with Gasteiger partial charge in [0.1, 0.15) is 0 Å². The lowest BCUT2D eigenvalue weighted by molar-refractivity contribution is 0.271. The van der Waals surface area contributed by atoms with Gasteiger partial charge in [0.05, 0.1) is 24.7 Å². The fourth-order valence-electron chi connectivity index (χ4n) is 3.95. The molecule has 9 heteroatoms. The summed E-state index contributed by atoms with van der Waals surface area (Å²) in [5, 5.41) is 19.5. The van der Waals surface area contributed by atoms with Crippen molar-refractivity contribution >= 4 is 22.9 Å². The fourth-order valence-corrected chi connectivity index (χ4v) is 3.95. The molecule has 0 saturated heterocycles. The zero-order chi connectivity index (χ0) is 25.5. The molecule has 3 heterocycles. The molecule has 1 atom stereocenters.